The van der Waals surface area contributed by atoms with E-state index >= 15 is 0 Å². The van der Waals surface area contributed by atoms with Gasteiger partial charge in [-0.15, -0.1) is 0 Å². The first-order valence-electron chi connectivity index (χ1n) is 6.51. The van der Waals surface area contributed by atoms with Crippen molar-refractivity contribution in [3.05, 3.63) is 71.3 Å². The molecule has 20 heavy (non-hydrogen) atoms. The third kappa shape index (κ3) is 3.03. The van der Waals surface area contributed by atoms with Crippen LogP contribution in [0.15, 0.2) is 48.5 Å². The first kappa shape index (κ1) is 14.6. The van der Waals surface area contributed by atoms with Crippen molar-refractivity contribution in [1.29, 1.82) is 0 Å². The molecule has 2 atom stereocenters. The highest BCUT2D eigenvalue weighted by Gasteiger charge is 2.26. The number of hydrogen-bond donors (Lipinski definition) is 1. The van der Waals surface area contributed by atoms with Crippen LogP contribution in [-0.4, -0.2) is 6.61 Å². The van der Waals surface area contributed by atoms with Gasteiger partial charge in [0.1, 0.15) is 17.7 Å². The van der Waals surface area contributed by atoms with Crippen molar-refractivity contribution in [3.8, 4) is 0 Å². The first-order chi connectivity index (χ1) is 9.65. The van der Waals surface area contributed by atoms with Gasteiger partial charge in [0.05, 0.1) is 6.04 Å². The third-order valence-electron chi connectivity index (χ3n) is 3.13. The Morgan fingerprint density at radius 2 is 1.60 bits per heavy atom. The molecule has 0 fully saturated rings. The Morgan fingerprint density at radius 3 is 2.15 bits per heavy atom. The Bertz CT molecular complexity index is 539. The van der Waals surface area contributed by atoms with Gasteiger partial charge in [-0.05, 0) is 24.6 Å². The Balaban J connectivity index is 2.39. The quantitative estimate of drug-likeness (QED) is 0.903. The summed E-state index contributed by atoms with van der Waals surface area (Å²) in [7, 11) is 0. The van der Waals surface area contributed by atoms with Gasteiger partial charge in [0, 0.05) is 12.2 Å². The zero-order chi connectivity index (χ0) is 14.5. The van der Waals surface area contributed by atoms with Gasteiger partial charge in [-0.1, -0.05) is 36.4 Å². The molecule has 4 heteroatoms. The van der Waals surface area contributed by atoms with Gasteiger partial charge >= 0.3 is 0 Å². The minimum atomic E-state index is -0.904. The molecule has 0 aliphatic rings. The summed E-state index contributed by atoms with van der Waals surface area (Å²) in [5, 5.41) is 0. The monoisotopic (exact) mass is 277 g/mol. The SMILES string of the molecule is CCOC(c1ccccc1)C(N)c1c(F)cccc1F. The van der Waals surface area contributed by atoms with Crippen LogP contribution >= 0.6 is 0 Å². The lowest BCUT2D eigenvalue weighted by Gasteiger charge is -2.25. The molecule has 0 aromatic heterocycles. The van der Waals surface area contributed by atoms with Crippen LogP contribution in [0.4, 0.5) is 8.78 Å². The fourth-order valence-electron chi connectivity index (χ4n) is 2.21. The summed E-state index contributed by atoms with van der Waals surface area (Å²) in [5.41, 5.74) is 6.71. The van der Waals surface area contributed by atoms with Crippen LogP contribution in [0.1, 0.15) is 30.2 Å². The summed E-state index contributed by atoms with van der Waals surface area (Å²) >= 11 is 0. The molecule has 0 spiro atoms. The lowest BCUT2D eigenvalue weighted by molar-refractivity contribution is 0.0412. The van der Waals surface area contributed by atoms with E-state index in [1.165, 1.54) is 18.2 Å². The minimum Gasteiger partial charge on any atom is -0.372 e. The van der Waals surface area contributed by atoms with E-state index in [9.17, 15) is 8.78 Å². The second-order valence-corrected chi connectivity index (χ2v) is 4.45. The third-order valence-corrected chi connectivity index (χ3v) is 3.13. The Morgan fingerprint density at radius 1 is 1.00 bits per heavy atom. The summed E-state index contributed by atoms with van der Waals surface area (Å²) in [6.45, 7) is 2.23. The number of hydrogen-bond acceptors (Lipinski definition) is 2. The summed E-state index contributed by atoms with van der Waals surface area (Å²) in [4.78, 5) is 0. The Kier molecular flexibility index (Phi) is 4.82. The van der Waals surface area contributed by atoms with E-state index in [4.69, 9.17) is 10.5 Å². The maximum Gasteiger partial charge on any atom is 0.131 e. The van der Waals surface area contributed by atoms with Crippen molar-refractivity contribution < 1.29 is 13.5 Å². The predicted molar refractivity (Wildman–Crippen MR) is 74.1 cm³/mol. The van der Waals surface area contributed by atoms with Gasteiger partial charge in [0.15, 0.2) is 0 Å². The zero-order valence-electron chi connectivity index (χ0n) is 11.2. The first-order valence-corrected chi connectivity index (χ1v) is 6.51. The summed E-state index contributed by atoms with van der Waals surface area (Å²) in [6.07, 6.45) is -0.590. The molecular weight excluding hydrogens is 260 g/mol. The van der Waals surface area contributed by atoms with E-state index in [1.54, 1.807) is 0 Å². The van der Waals surface area contributed by atoms with Crippen molar-refractivity contribution in [2.45, 2.75) is 19.1 Å². The van der Waals surface area contributed by atoms with E-state index in [0.717, 1.165) is 5.56 Å². The molecule has 2 aromatic rings. The van der Waals surface area contributed by atoms with Crippen LogP contribution < -0.4 is 5.73 Å². The Hall–Kier alpha value is -1.78. The van der Waals surface area contributed by atoms with Gasteiger partial charge in [-0.25, -0.2) is 8.78 Å². The molecule has 0 aliphatic heterocycles. The van der Waals surface area contributed by atoms with Crippen molar-refractivity contribution in [1.82, 2.24) is 0 Å². The van der Waals surface area contributed by atoms with E-state index in [-0.39, 0.29) is 5.56 Å². The molecule has 0 heterocycles. The summed E-state index contributed by atoms with van der Waals surface area (Å²) in [6, 6.07) is 12.0. The fraction of sp³-hybridized carbons (Fsp3) is 0.250. The number of ether oxygens (including phenoxy) is 1. The lowest BCUT2D eigenvalue weighted by atomic mass is 9.95. The molecular formula is C16H17F2NO. The average molecular weight is 277 g/mol. The normalized spacial score (nSPS) is 14.0. The lowest BCUT2D eigenvalue weighted by Crippen LogP contribution is -2.24. The van der Waals surface area contributed by atoms with Gasteiger partial charge in [-0.2, -0.15) is 0 Å². The van der Waals surface area contributed by atoms with E-state index in [1.807, 2.05) is 37.3 Å². The average Bonchev–Trinajstić information content (AvgIpc) is 2.45. The number of rotatable bonds is 5. The molecule has 0 bridgehead atoms. The van der Waals surface area contributed by atoms with E-state index in [0.29, 0.717) is 6.61 Å². The van der Waals surface area contributed by atoms with Crippen LogP contribution in [0.5, 0.6) is 0 Å². The van der Waals surface area contributed by atoms with Crippen molar-refractivity contribution >= 4 is 0 Å². The van der Waals surface area contributed by atoms with Crippen LogP contribution in [0.2, 0.25) is 0 Å². The predicted octanol–water partition coefficient (Wildman–Crippen LogP) is 3.74. The van der Waals surface area contributed by atoms with Crippen molar-refractivity contribution in [2.75, 3.05) is 6.61 Å². The number of nitrogens with two attached hydrogens (primary N) is 1. The standard InChI is InChI=1S/C16H17F2NO/c1-2-20-16(11-7-4-3-5-8-11)15(19)14-12(17)9-6-10-13(14)18/h3-10,15-16H,2,19H2,1H3. The molecule has 0 saturated heterocycles. The van der Waals surface area contributed by atoms with E-state index < -0.39 is 23.8 Å². The molecule has 2 aromatic carbocycles. The second kappa shape index (κ2) is 6.59. The fourth-order valence-corrected chi connectivity index (χ4v) is 2.21. The highest BCUT2D eigenvalue weighted by molar-refractivity contribution is 5.28. The largest absolute Gasteiger partial charge is 0.372 e. The Labute approximate surface area is 117 Å². The molecule has 0 saturated carbocycles. The topological polar surface area (TPSA) is 35.2 Å². The van der Waals surface area contributed by atoms with Gasteiger partial charge in [0.25, 0.3) is 0 Å². The van der Waals surface area contributed by atoms with Crippen LogP contribution in [0.25, 0.3) is 0 Å². The molecule has 0 radical (unpaired) electrons. The molecule has 2 nitrogen and oxygen atoms in total. The smallest absolute Gasteiger partial charge is 0.131 e. The zero-order valence-corrected chi connectivity index (χ0v) is 11.2. The van der Waals surface area contributed by atoms with Gasteiger partial charge in [-0.3, -0.25) is 0 Å². The minimum absolute atomic E-state index is 0.144. The van der Waals surface area contributed by atoms with Crippen LogP contribution in [0.3, 0.4) is 0 Å². The summed E-state index contributed by atoms with van der Waals surface area (Å²) < 4.78 is 33.3. The van der Waals surface area contributed by atoms with Gasteiger partial charge in [0.2, 0.25) is 0 Å². The maximum absolute atomic E-state index is 13.8. The van der Waals surface area contributed by atoms with Crippen molar-refractivity contribution in [2.24, 2.45) is 5.73 Å². The molecule has 2 rings (SSSR count). The molecule has 0 aliphatic carbocycles. The maximum atomic E-state index is 13.8. The van der Waals surface area contributed by atoms with Crippen molar-refractivity contribution in [3.63, 3.8) is 0 Å². The van der Waals surface area contributed by atoms with Gasteiger partial charge < -0.3 is 10.5 Å². The molecule has 0 amide bonds. The highest BCUT2D eigenvalue weighted by atomic mass is 19.1. The van der Waals surface area contributed by atoms with E-state index in [2.05, 4.69) is 0 Å². The highest BCUT2D eigenvalue weighted by Crippen LogP contribution is 2.32. The number of halogens is 2. The number of benzene rings is 2. The second-order valence-electron chi connectivity index (χ2n) is 4.45. The molecule has 2 N–H and O–H groups in total. The molecule has 2 unspecified atom stereocenters. The van der Waals surface area contributed by atoms with Crippen LogP contribution in [-0.2, 0) is 4.74 Å². The summed E-state index contributed by atoms with van der Waals surface area (Å²) in [5.74, 6) is -1.31. The van der Waals surface area contributed by atoms with Crippen LogP contribution in [0, 0.1) is 11.6 Å². The molecule has 106 valence electrons.